The summed E-state index contributed by atoms with van der Waals surface area (Å²) >= 11 is 6.10. The lowest BCUT2D eigenvalue weighted by atomic mass is 9.71. The van der Waals surface area contributed by atoms with Gasteiger partial charge in [0.15, 0.2) is 0 Å². The van der Waals surface area contributed by atoms with Gasteiger partial charge in [-0.1, -0.05) is 37.4 Å². The number of likely N-dealkylation sites (N-methyl/N-ethyl adjacent to an activating group) is 1. The fourth-order valence-electron chi connectivity index (χ4n) is 3.68. The summed E-state index contributed by atoms with van der Waals surface area (Å²) in [6.45, 7) is 2.22. The highest BCUT2D eigenvalue weighted by atomic mass is 35.5. The van der Waals surface area contributed by atoms with Crippen molar-refractivity contribution in [3.05, 3.63) is 34.6 Å². The Morgan fingerprint density at radius 3 is 2.76 bits per heavy atom. The molecule has 0 bridgehead atoms. The molecule has 4 heteroatoms. The van der Waals surface area contributed by atoms with E-state index in [1.807, 2.05) is 14.1 Å². The Balaban J connectivity index is 2.25. The average Bonchev–Trinajstić information content (AvgIpc) is 2.42. The third-order valence-electron chi connectivity index (χ3n) is 4.98. The highest BCUT2D eigenvalue weighted by molar-refractivity contribution is 6.31. The summed E-state index contributed by atoms with van der Waals surface area (Å²) in [7, 11) is 4.01. The van der Waals surface area contributed by atoms with Crippen LogP contribution < -0.4 is 0 Å². The minimum Gasteiger partial charge on any atom is -0.391 e. The first kappa shape index (κ1) is 16.7. The summed E-state index contributed by atoms with van der Waals surface area (Å²) < 4.78 is 14.0. The van der Waals surface area contributed by atoms with Gasteiger partial charge in [-0.25, -0.2) is 4.39 Å². The minimum atomic E-state index is -0.621. The molecule has 0 aliphatic heterocycles. The molecular weight excluding hydrogens is 289 g/mol. The largest absolute Gasteiger partial charge is 0.391 e. The van der Waals surface area contributed by atoms with E-state index >= 15 is 0 Å². The highest BCUT2D eigenvalue weighted by Crippen LogP contribution is 2.39. The van der Waals surface area contributed by atoms with Crippen molar-refractivity contribution in [2.24, 2.45) is 5.92 Å². The zero-order chi connectivity index (χ0) is 15.6. The van der Waals surface area contributed by atoms with Crippen molar-refractivity contribution in [2.75, 3.05) is 14.1 Å². The van der Waals surface area contributed by atoms with Gasteiger partial charge in [0, 0.05) is 22.5 Å². The van der Waals surface area contributed by atoms with E-state index in [0.29, 0.717) is 16.5 Å². The number of aliphatic hydroxyl groups is 1. The lowest BCUT2D eigenvalue weighted by Crippen LogP contribution is -2.56. The van der Waals surface area contributed by atoms with Crippen LogP contribution in [0, 0.1) is 11.7 Å². The van der Waals surface area contributed by atoms with Gasteiger partial charge in [-0.05, 0) is 45.0 Å². The van der Waals surface area contributed by atoms with Crippen LogP contribution in [0.3, 0.4) is 0 Å². The van der Waals surface area contributed by atoms with Crippen LogP contribution in [-0.4, -0.2) is 35.7 Å². The smallest absolute Gasteiger partial charge is 0.127 e. The molecule has 1 aliphatic carbocycles. The van der Waals surface area contributed by atoms with Crippen molar-refractivity contribution in [3.8, 4) is 0 Å². The number of hydrogen-bond acceptors (Lipinski definition) is 2. The predicted molar refractivity (Wildman–Crippen MR) is 85.2 cm³/mol. The highest BCUT2D eigenvalue weighted by Gasteiger charge is 2.43. The second kappa shape index (κ2) is 6.64. The maximum absolute atomic E-state index is 14.0. The number of aliphatic hydroxyl groups excluding tert-OH is 1. The molecule has 3 unspecified atom stereocenters. The number of rotatable bonds is 4. The van der Waals surface area contributed by atoms with Gasteiger partial charge in [0.05, 0.1) is 6.10 Å². The fraction of sp³-hybridized carbons (Fsp3) is 0.647. The molecule has 1 aromatic rings. The lowest BCUT2D eigenvalue weighted by molar-refractivity contribution is -0.0427. The van der Waals surface area contributed by atoms with Gasteiger partial charge in [-0.3, -0.25) is 0 Å². The first-order valence-electron chi connectivity index (χ1n) is 7.65. The van der Waals surface area contributed by atoms with E-state index in [-0.39, 0.29) is 17.8 Å². The molecule has 0 heterocycles. The first-order chi connectivity index (χ1) is 9.86. The molecule has 0 radical (unpaired) electrons. The minimum absolute atomic E-state index is 0.260. The maximum Gasteiger partial charge on any atom is 0.127 e. The molecule has 1 fully saturated rings. The van der Waals surface area contributed by atoms with Crippen LogP contribution in [0.15, 0.2) is 18.2 Å². The Bertz CT molecular complexity index is 473. The van der Waals surface area contributed by atoms with E-state index in [0.717, 1.165) is 19.3 Å². The summed E-state index contributed by atoms with van der Waals surface area (Å²) in [5, 5.41) is 11.2. The van der Waals surface area contributed by atoms with E-state index in [2.05, 4.69) is 11.8 Å². The van der Waals surface area contributed by atoms with Gasteiger partial charge in [0.1, 0.15) is 5.82 Å². The molecule has 21 heavy (non-hydrogen) atoms. The van der Waals surface area contributed by atoms with Gasteiger partial charge >= 0.3 is 0 Å². The van der Waals surface area contributed by atoms with E-state index in [1.165, 1.54) is 12.5 Å². The van der Waals surface area contributed by atoms with Gasteiger partial charge in [0.25, 0.3) is 0 Å². The molecule has 1 N–H and O–H groups in total. The molecule has 118 valence electrons. The molecule has 1 saturated carbocycles. The van der Waals surface area contributed by atoms with Crippen molar-refractivity contribution >= 4 is 11.6 Å². The third-order valence-corrected chi connectivity index (χ3v) is 5.33. The summed E-state index contributed by atoms with van der Waals surface area (Å²) in [6.07, 6.45) is 3.82. The summed E-state index contributed by atoms with van der Waals surface area (Å²) in [4.78, 5) is 2.11. The van der Waals surface area contributed by atoms with Crippen molar-refractivity contribution in [3.63, 3.8) is 0 Å². The van der Waals surface area contributed by atoms with Crippen LogP contribution in [-0.2, 0) is 6.42 Å². The Morgan fingerprint density at radius 2 is 2.19 bits per heavy atom. The number of halogens is 2. The quantitative estimate of drug-likeness (QED) is 0.911. The molecule has 0 amide bonds. The second-order valence-corrected chi connectivity index (χ2v) is 7.03. The van der Waals surface area contributed by atoms with E-state index in [4.69, 9.17) is 11.6 Å². The number of hydrogen-bond donors (Lipinski definition) is 1. The Hall–Kier alpha value is -0.640. The molecule has 1 aliphatic rings. The summed E-state index contributed by atoms with van der Waals surface area (Å²) in [5.74, 6) is 0.242. The van der Waals surface area contributed by atoms with Gasteiger partial charge in [-0.2, -0.15) is 0 Å². The van der Waals surface area contributed by atoms with Crippen molar-refractivity contribution in [2.45, 2.75) is 50.7 Å². The Morgan fingerprint density at radius 1 is 1.48 bits per heavy atom. The normalized spacial score (nSPS) is 27.9. The van der Waals surface area contributed by atoms with Crippen LogP contribution in [0.2, 0.25) is 5.02 Å². The molecule has 1 aromatic carbocycles. The number of nitrogens with zero attached hydrogens (tertiary/aromatic N) is 1. The van der Waals surface area contributed by atoms with E-state index in [9.17, 15) is 9.50 Å². The lowest BCUT2D eigenvalue weighted by Gasteiger charge is -2.48. The van der Waals surface area contributed by atoms with Crippen LogP contribution in [0.25, 0.3) is 0 Å². The Labute approximate surface area is 131 Å². The molecule has 0 saturated heterocycles. The Kier molecular flexibility index (Phi) is 5.29. The molecule has 0 spiro atoms. The van der Waals surface area contributed by atoms with E-state index < -0.39 is 6.10 Å². The molecule has 2 nitrogen and oxygen atoms in total. The molecular formula is C17H25ClFNO. The monoisotopic (exact) mass is 313 g/mol. The van der Waals surface area contributed by atoms with Crippen LogP contribution >= 0.6 is 11.6 Å². The number of benzene rings is 1. The molecule has 2 rings (SSSR count). The summed E-state index contributed by atoms with van der Waals surface area (Å²) in [5.41, 5.74) is 0.134. The standard InChI is InChI=1S/C17H25ClFNO/c1-12-6-5-9-17(11-12,20(2)3)16(21)10-13-14(18)7-4-8-15(13)19/h4,7-8,12,16,21H,5-6,9-11H2,1-3H3. The van der Waals surface area contributed by atoms with Crippen molar-refractivity contribution in [1.29, 1.82) is 0 Å². The topological polar surface area (TPSA) is 23.5 Å². The van der Waals surface area contributed by atoms with Crippen LogP contribution in [0.5, 0.6) is 0 Å². The molecule has 0 aromatic heterocycles. The average molecular weight is 314 g/mol. The zero-order valence-electron chi connectivity index (χ0n) is 13.1. The van der Waals surface area contributed by atoms with Gasteiger partial charge < -0.3 is 10.0 Å². The van der Waals surface area contributed by atoms with Crippen molar-refractivity contribution < 1.29 is 9.50 Å². The van der Waals surface area contributed by atoms with Gasteiger partial charge in [-0.15, -0.1) is 0 Å². The zero-order valence-corrected chi connectivity index (χ0v) is 13.8. The van der Waals surface area contributed by atoms with E-state index in [1.54, 1.807) is 12.1 Å². The first-order valence-corrected chi connectivity index (χ1v) is 8.03. The fourth-order valence-corrected chi connectivity index (χ4v) is 3.92. The maximum atomic E-state index is 14.0. The predicted octanol–water partition coefficient (Wildman–Crippen LogP) is 3.89. The SMILES string of the molecule is CC1CCCC(C(O)Cc2c(F)cccc2Cl)(N(C)C)C1. The second-order valence-electron chi connectivity index (χ2n) is 6.62. The van der Waals surface area contributed by atoms with Crippen molar-refractivity contribution in [1.82, 2.24) is 4.90 Å². The van der Waals surface area contributed by atoms with Crippen LogP contribution in [0.1, 0.15) is 38.2 Å². The van der Waals surface area contributed by atoms with Crippen LogP contribution in [0.4, 0.5) is 4.39 Å². The third kappa shape index (κ3) is 3.41. The summed E-state index contributed by atoms with van der Waals surface area (Å²) in [6, 6.07) is 4.68. The van der Waals surface area contributed by atoms with Gasteiger partial charge in [0.2, 0.25) is 0 Å². The molecule has 3 atom stereocenters.